The Hall–Kier alpha value is -1.06. The number of rotatable bonds is 3. The van der Waals surface area contributed by atoms with E-state index in [9.17, 15) is 0 Å². The van der Waals surface area contributed by atoms with Gasteiger partial charge in [0.1, 0.15) is 5.75 Å². The van der Waals surface area contributed by atoms with Gasteiger partial charge >= 0.3 is 0 Å². The van der Waals surface area contributed by atoms with Crippen molar-refractivity contribution in [2.45, 2.75) is 19.9 Å². The number of aliphatic hydroxyl groups excluding tert-OH is 1. The van der Waals surface area contributed by atoms with E-state index in [2.05, 4.69) is 0 Å². The summed E-state index contributed by atoms with van der Waals surface area (Å²) in [6.07, 6.45) is 0. The Morgan fingerprint density at radius 1 is 1.29 bits per heavy atom. The fraction of sp³-hybridized carbons (Fsp3) is 0.455. The summed E-state index contributed by atoms with van der Waals surface area (Å²) in [6, 6.07) is 6.52. The van der Waals surface area contributed by atoms with Crippen molar-refractivity contribution in [1.29, 1.82) is 0 Å². The largest absolute Gasteiger partial charge is 0.508 e. The quantitative estimate of drug-likeness (QED) is 0.683. The van der Waals surface area contributed by atoms with Gasteiger partial charge in [-0.15, -0.1) is 0 Å². The molecule has 3 heteroatoms. The maximum Gasteiger partial charge on any atom is 0.115 e. The zero-order chi connectivity index (χ0) is 10.8. The number of phenolic OH excluding ortho intramolecular Hbond substituents is 1. The Bertz CT molecular complexity index is 293. The summed E-state index contributed by atoms with van der Waals surface area (Å²) in [5.41, 5.74) is 6.56. The molecule has 0 unspecified atom stereocenters. The van der Waals surface area contributed by atoms with E-state index in [-0.39, 0.29) is 23.8 Å². The van der Waals surface area contributed by atoms with Crippen LogP contribution in [0, 0.1) is 5.41 Å². The van der Waals surface area contributed by atoms with Crippen LogP contribution in [0.1, 0.15) is 25.5 Å². The number of phenols is 1. The summed E-state index contributed by atoms with van der Waals surface area (Å²) in [7, 11) is 0. The van der Waals surface area contributed by atoms with Gasteiger partial charge in [0.15, 0.2) is 0 Å². The number of hydrogen-bond donors (Lipinski definition) is 3. The molecule has 0 aromatic heterocycles. The molecule has 0 spiro atoms. The van der Waals surface area contributed by atoms with Gasteiger partial charge in [0.25, 0.3) is 0 Å². The van der Waals surface area contributed by atoms with Crippen LogP contribution < -0.4 is 5.73 Å². The van der Waals surface area contributed by atoms with Gasteiger partial charge in [-0.2, -0.15) is 0 Å². The van der Waals surface area contributed by atoms with Crippen molar-refractivity contribution in [2.24, 2.45) is 11.1 Å². The van der Waals surface area contributed by atoms with Gasteiger partial charge in [0.2, 0.25) is 0 Å². The maximum atomic E-state index is 9.15. The lowest BCUT2D eigenvalue weighted by atomic mass is 9.82. The van der Waals surface area contributed by atoms with E-state index in [1.807, 2.05) is 13.8 Å². The third-order valence-corrected chi connectivity index (χ3v) is 2.50. The first-order valence-corrected chi connectivity index (χ1v) is 4.63. The first-order chi connectivity index (χ1) is 6.47. The van der Waals surface area contributed by atoms with Crippen LogP contribution in [0.15, 0.2) is 24.3 Å². The molecule has 78 valence electrons. The standard InChI is InChI=1S/C11H17NO2/c1-11(2,7-13)10(12)8-3-5-9(14)6-4-8/h3-6,10,13-14H,7,12H2,1-2H3/t10-/m0/s1. The van der Waals surface area contributed by atoms with Crippen molar-refractivity contribution in [3.05, 3.63) is 29.8 Å². The summed E-state index contributed by atoms with van der Waals surface area (Å²) in [6.45, 7) is 3.85. The summed E-state index contributed by atoms with van der Waals surface area (Å²) in [4.78, 5) is 0. The Kier molecular flexibility index (Phi) is 3.13. The molecule has 0 fully saturated rings. The maximum absolute atomic E-state index is 9.15. The minimum absolute atomic E-state index is 0.0367. The Morgan fingerprint density at radius 3 is 2.21 bits per heavy atom. The Labute approximate surface area is 84.2 Å². The highest BCUT2D eigenvalue weighted by atomic mass is 16.3. The molecule has 1 aromatic carbocycles. The van der Waals surface area contributed by atoms with E-state index < -0.39 is 0 Å². The minimum Gasteiger partial charge on any atom is -0.508 e. The molecule has 0 radical (unpaired) electrons. The van der Waals surface area contributed by atoms with E-state index in [0.29, 0.717) is 0 Å². The molecule has 0 aliphatic rings. The van der Waals surface area contributed by atoms with Crippen molar-refractivity contribution in [3.63, 3.8) is 0 Å². The van der Waals surface area contributed by atoms with Gasteiger partial charge in [-0.3, -0.25) is 0 Å². The van der Waals surface area contributed by atoms with Crippen LogP contribution in [-0.4, -0.2) is 16.8 Å². The predicted octanol–water partition coefficient (Wildman–Crippen LogP) is 1.41. The van der Waals surface area contributed by atoms with Crippen molar-refractivity contribution >= 4 is 0 Å². The zero-order valence-electron chi connectivity index (χ0n) is 8.57. The molecule has 14 heavy (non-hydrogen) atoms. The van der Waals surface area contributed by atoms with Gasteiger partial charge in [0, 0.05) is 18.1 Å². The third kappa shape index (κ3) is 2.25. The summed E-state index contributed by atoms with van der Waals surface area (Å²) < 4.78 is 0. The van der Waals surface area contributed by atoms with Crippen LogP contribution >= 0.6 is 0 Å². The van der Waals surface area contributed by atoms with E-state index in [0.717, 1.165) is 5.56 Å². The van der Waals surface area contributed by atoms with Gasteiger partial charge in [-0.05, 0) is 17.7 Å². The molecule has 0 amide bonds. The topological polar surface area (TPSA) is 66.5 Å². The van der Waals surface area contributed by atoms with Crippen molar-refractivity contribution in [1.82, 2.24) is 0 Å². The highest BCUT2D eigenvalue weighted by Crippen LogP contribution is 2.31. The average molecular weight is 195 g/mol. The van der Waals surface area contributed by atoms with E-state index in [1.54, 1.807) is 24.3 Å². The van der Waals surface area contributed by atoms with Crippen LogP contribution in [0.2, 0.25) is 0 Å². The Morgan fingerprint density at radius 2 is 1.79 bits per heavy atom. The van der Waals surface area contributed by atoms with Gasteiger partial charge < -0.3 is 15.9 Å². The second-order valence-corrected chi connectivity index (χ2v) is 4.22. The zero-order valence-corrected chi connectivity index (χ0v) is 8.57. The molecule has 1 aromatic rings. The smallest absolute Gasteiger partial charge is 0.115 e. The van der Waals surface area contributed by atoms with Crippen LogP contribution in [0.5, 0.6) is 5.75 Å². The lowest BCUT2D eigenvalue weighted by Crippen LogP contribution is -2.32. The van der Waals surface area contributed by atoms with Crippen molar-refractivity contribution in [2.75, 3.05) is 6.61 Å². The number of aromatic hydroxyl groups is 1. The molecule has 0 bridgehead atoms. The minimum atomic E-state index is -0.350. The molecule has 0 saturated carbocycles. The van der Waals surface area contributed by atoms with Crippen LogP contribution in [0.3, 0.4) is 0 Å². The molecule has 0 saturated heterocycles. The fourth-order valence-electron chi connectivity index (χ4n) is 1.23. The third-order valence-electron chi connectivity index (χ3n) is 2.50. The first-order valence-electron chi connectivity index (χ1n) is 4.63. The summed E-state index contributed by atoms with van der Waals surface area (Å²) in [5.74, 6) is 0.225. The molecule has 3 nitrogen and oxygen atoms in total. The molecule has 1 atom stereocenters. The highest BCUT2D eigenvalue weighted by Gasteiger charge is 2.26. The average Bonchev–Trinajstić information content (AvgIpc) is 2.18. The Balaban J connectivity index is 2.89. The van der Waals surface area contributed by atoms with Crippen molar-refractivity contribution in [3.8, 4) is 5.75 Å². The van der Waals surface area contributed by atoms with E-state index in [1.165, 1.54) is 0 Å². The molecule has 1 rings (SSSR count). The van der Waals surface area contributed by atoms with Crippen molar-refractivity contribution < 1.29 is 10.2 Å². The van der Waals surface area contributed by atoms with Crippen LogP contribution in [0.4, 0.5) is 0 Å². The number of aliphatic hydroxyl groups is 1. The van der Waals surface area contributed by atoms with Crippen LogP contribution in [-0.2, 0) is 0 Å². The SMILES string of the molecule is CC(C)(CO)[C@@H](N)c1ccc(O)cc1. The monoisotopic (exact) mass is 195 g/mol. The van der Waals surface area contributed by atoms with Gasteiger partial charge in [-0.1, -0.05) is 26.0 Å². The molecular weight excluding hydrogens is 178 g/mol. The van der Waals surface area contributed by atoms with Crippen LogP contribution in [0.25, 0.3) is 0 Å². The number of nitrogens with two attached hydrogens (primary N) is 1. The lowest BCUT2D eigenvalue weighted by Gasteiger charge is -2.29. The summed E-state index contributed by atoms with van der Waals surface area (Å²) in [5, 5.41) is 18.3. The van der Waals surface area contributed by atoms with E-state index >= 15 is 0 Å². The predicted molar refractivity (Wildman–Crippen MR) is 55.9 cm³/mol. The second-order valence-electron chi connectivity index (χ2n) is 4.22. The highest BCUT2D eigenvalue weighted by molar-refractivity contribution is 5.28. The fourth-order valence-corrected chi connectivity index (χ4v) is 1.23. The van der Waals surface area contributed by atoms with Gasteiger partial charge in [0.05, 0.1) is 0 Å². The first kappa shape index (κ1) is 11.0. The number of benzene rings is 1. The lowest BCUT2D eigenvalue weighted by molar-refractivity contribution is 0.132. The molecule has 0 heterocycles. The second kappa shape index (κ2) is 3.98. The molecular formula is C11H17NO2. The number of hydrogen-bond acceptors (Lipinski definition) is 3. The van der Waals surface area contributed by atoms with E-state index in [4.69, 9.17) is 15.9 Å². The normalized spacial score (nSPS) is 14.0. The van der Waals surface area contributed by atoms with Gasteiger partial charge in [-0.25, -0.2) is 0 Å². The molecule has 4 N–H and O–H groups in total. The summed E-state index contributed by atoms with van der Waals surface area (Å²) >= 11 is 0. The molecule has 0 aliphatic heterocycles. The molecule has 0 aliphatic carbocycles.